The van der Waals surface area contributed by atoms with Gasteiger partial charge in [-0.1, -0.05) is 12.1 Å². The molecule has 2 heterocycles. The second kappa shape index (κ2) is 7.44. The molecule has 0 radical (unpaired) electrons. The van der Waals surface area contributed by atoms with Crippen molar-refractivity contribution in [1.29, 1.82) is 5.41 Å². The zero-order valence-corrected chi connectivity index (χ0v) is 16.0. The van der Waals surface area contributed by atoms with E-state index in [2.05, 4.69) is 4.98 Å². The number of ether oxygens (including phenoxy) is 1. The average molecular weight is 395 g/mol. The average Bonchev–Trinajstić information content (AvgIpc) is 3.28. The monoisotopic (exact) mass is 395 g/mol. The van der Waals surface area contributed by atoms with Crippen LogP contribution in [-0.2, 0) is 6.54 Å². The van der Waals surface area contributed by atoms with Gasteiger partial charge in [0.25, 0.3) is 0 Å². The number of rotatable bonds is 5. The van der Waals surface area contributed by atoms with Gasteiger partial charge in [-0.15, -0.1) is 11.3 Å². The number of benzene rings is 2. The first kappa shape index (κ1) is 18.2. The summed E-state index contributed by atoms with van der Waals surface area (Å²) in [6, 6.07) is 13.7. The van der Waals surface area contributed by atoms with Crippen LogP contribution in [0.5, 0.6) is 5.75 Å². The number of methoxy groups -OCH3 is 1. The van der Waals surface area contributed by atoms with E-state index in [9.17, 15) is 9.50 Å². The fourth-order valence-corrected chi connectivity index (χ4v) is 3.98. The van der Waals surface area contributed by atoms with Crippen molar-refractivity contribution in [2.24, 2.45) is 0 Å². The van der Waals surface area contributed by atoms with Crippen molar-refractivity contribution in [3.05, 3.63) is 76.1 Å². The molecule has 0 amide bonds. The molecule has 0 spiro atoms. The minimum absolute atomic E-state index is 0.138. The number of amidine groups is 1. The number of aliphatic hydroxyl groups excluding tert-OH is 1. The fraction of sp³-hybridized carbons (Fsp3) is 0.143. The molecule has 1 aliphatic heterocycles. The zero-order valence-electron chi connectivity index (χ0n) is 15.1. The van der Waals surface area contributed by atoms with E-state index < -0.39 is 0 Å². The van der Waals surface area contributed by atoms with Gasteiger partial charge in [-0.25, -0.2) is 9.37 Å². The number of thiazole rings is 1. The molecule has 0 unspecified atom stereocenters. The number of hydrogen-bond acceptors (Lipinski definition) is 5. The Bertz CT molecular complexity index is 1040. The van der Waals surface area contributed by atoms with Crippen LogP contribution in [0, 0.1) is 11.2 Å². The van der Waals surface area contributed by atoms with Gasteiger partial charge in [0.15, 0.2) is 0 Å². The highest BCUT2D eigenvalue weighted by atomic mass is 32.1. The van der Waals surface area contributed by atoms with Gasteiger partial charge in [-0.3, -0.25) is 5.41 Å². The van der Waals surface area contributed by atoms with Crippen molar-refractivity contribution < 1.29 is 14.2 Å². The molecule has 28 heavy (non-hydrogen) atoms. The second-order valence-electron chi connectivity index (χ2n) is 6.42. The molecular weight excluding hydrogens is 377 g/mol. The van der Waals surface area contributed by atoms with Gasteiger partial charge >= 0.3 is 0 Å². The zero-order chi connectivity index (χ0) is 19.7. The van der Waals surface area contributed by atoms with E-state index in [0.717, 1.165) is 16.9 Å². The van der Waals surface area contributed by atoms with Gasteiger partial charge in [0.1, 0.15) is 28.2 Å². The molecule has 4 rings (SSSR count). The van der Waals surface area contributed by atoms with E-state index >= 15 is 0 Å². The first-order valence-corrected chi connectivity index (χ1v) is 9.54. The van der Waals surface area contributed by atoms with Crippen LogP contribution in [0.15, 0.2) is 59.7 Å². The summed E-state index contributed by atoms with van der Waals surface area (Å²) in [4.78, 5) is 6.35. The first-order valence-electron chi connectivity index (χ1n) is 8.66. The van der Waals surface area contributed by atoms with Crippen LogP contribution < -0.4 is 4.74 Å². The Kier molecular flexibility index (Phi) is 4.83. The Morgan fingerprint density at radius 2 is 1.89 bits per heavy atom. The van der Waals surface area contributed by atoms with Crippen LogP contribution in [0.4, 0.5) is 4.39 Å². The Labute approximate surface area is 165 Å². The topological polar surface area (TPSA) is 69.4 Å². The molecule has 2 N–H and O–H groups in total. The number of halogens is 1. The molecular formula is C21H18FN3O2S. The number of aromatic nitrogens is 1. The van der Waals surface area contributed by atoms with Gasteiger partial charge in [-0.05, 0) is 42.0 Å². The molecule has 0 fully saturated rings. The molecule has 0 atom stereocenters. The molecule has 0 saturated carbocycles. The number of nitrogens with zero attached hydrogens (tertiary/aromatic N) is 2. The molecule has 5 nitrogen and oxygen atoms in total. The van der Waals surface area contributed by atoms with E-state index in [1.807, 2.05) is 29.6 Å². The van der Waals surface area contributed by atoms with Gasteiger partial charge in [0.2, 0.25) is 0 Å². The van der Waals surface area contributed by atoms with Crippen molar-refractivity contribution in [3.63, 3.8) is 0 Å². The summed E-state index contributed by atoms with van der Waals surface area (Å²) >= 11 is 1.36. The minimum Gasteiger partial charge on any atom is -0.510 e. The largest absolute Gasteiger partial charge is 0.510 e. The Morgan fingerprint density at radius 1 is 1.18 bits per heavy atom. The third-order valence-electron chi connectivity index (χ3n) is 4.57. The van der Waals surface area contributed by atoms with E-state index in [1.54, 1.807) is 24.1 Å². The fourth-order valence-electron chi connectivity index (χ4n) is 3.09. The lowest BCUT2D eigenvalue weighted by Gasteiger charge is -2.18. The highest BCUT2D eigenvalue weighted by Crippen LogP contribution is 2.33. The number of aliphatic hydroxyl groups is 1. The lowest BCUT2D eigenvalue weighted by molar-refractivity contribution is 0.346. The van der Waals surface area contributed by atoms with Gasteiger partial charge < -0.3 is 14.7 Å². The normalized spacial score (nSPS) is 14.1. The Morgan fingerprint density at radius 3 is 2.57 bits per heavy atom. The minimum atomic E-state index is -0.300. The highest BCUT2D eigenvalue weighted by molar-refractivity contribution is 7.11. The predicted octanol–water partition coefficient (Wildman–Crippen LogP) is 4.72. The molecule has 0 saturated heterocycles. The molecule has 142 valence electrons. The Hall–Kier alpha value is -3.19. The van der Waals surface area contributed by atoms with Crippen LogP contribution in [-0.4, -0.2) is 34.5 Å². The van der Waals surface area contributed by atoms with Crippen LogP contribution in [0.2, 0.25) is 0 Å². The van der Waals surface area contributed by atoms with Gasteiger partial charge in [0.05, 0.1) is 24.9 Å². The third kappa shape index (κ3) is 3.48. The van der Waals surface area contributed by atoms with Crippen LogP contribution in [0.25, 0.3) is 16.8 Å². The molecule has 0 aliphatic carbocycles. The van der Waals surface area contributed by atoms with Gasteiger partial charge in [0, 0.05) is 17.5 Å². The lowest BCUT2D eigenvalue weighted by atomic mass is 10.2. The van der Waals surface area contributed by atoms with Crippen molar-refractivity contribution in [3.8, 4) is 17.0 Å². The summed E-state index contributed by atoms with van der Waals surface area (Å²) in [6.07, 6.45) is 0. The standard InChI is InChI=1S/C21H18FN3O2S/c1-27-16-8-2-13(3-9-16)10-25-11-18(26)19(20(25)23)21-24-17(12-28-21)14-4-6-15(22)7-5-14/h2-9,12,23,26H,10-11H2,1H3. The summed E-state index contributed by atoms with van der Waals surface area (Å²) in [5, 5.41) is 21.4. The maximum absolute atomic E-state index is 13.1. The SMILES string of the molecule is COc1ccc(CN2CC(O)=C(c3nc(-c4ccc(F)cc4)cs3)C2=N)cc1. The quantitative estimate of drug-likeness (QED) is 0.656. The van der Waals surface area contributed by atoms with Crippen LogP contribution in [0.1, 0.15) is 10.6 Å². The van der Waals surface area contributed by atoms with Crippen LogP contribution >= 0.6 is 11.3 Å². The summed E-state index contributed by atoms with van der Waals surface area (Å²) in [7, 11) is 1.62. The van der Waals surface area contributed by atoms with Crippen LogP contribution in [0.3, 0.4) is 0 Å². The predicted molar refractivity (Wildman–Crippen MR) is 108 cm³/mol. The van der Waals surface area contributed by atoms with E-state index in [4.69, 9.17) is 10.1 Å². The maximum Gasteiger partial charge on any atom is 0.135 e. The van der Waals surface area contributed by atoms with E-state index in [1.165, 1.54) is 23.5 Å². The summed E-state index contributed by atoms with van der Waals surface area (Å²) in [6.45, 7) is 0.776. The van der Waals surface area contributed by atoms with E-state index in [0.29, 0.717) is 22.8 Å². The summed E-state index contributed by atoms with van der Waals surface area (Å²) < 4.78 is 18.3. The number of nitrogens with one attached hydrogen (secondary N) is 1. The second-order valence-corrected chi connectivity index (χ2v) is 7.28. The molecule has 1 aromatic heterocycles. The van der Waals surface area contributed by atoms with Crippen molar-refractivity contribution in [2.45, 2.75) is 6.54 Å². The molecule has 1 aliphatic rings. The van der Waals surface area contributed by atoms with Crippen molar-refractivity contribution in [2.75, 3.05) is 13.7 Å². The molecule has 7 heteroatoms. The lowest BCUT2D eigenvalue weighted by Crippen LogP contribution is -2.26. The summed E-state index contributed by atoms with van der Waals surface area (Å²) in [5.74, 6) is 0.858. The maximum atomic E-state index is 13.1. The van der Waals surface area contributed by atoms with Gasteiger partial charge in [-0.2, -0.15) is 0 Å². The molecule has 2 aromatic carbocycles. The number of hydrogen-bond donors (Lipinski definition) is 2. The molecule has 0 bridgehead atoms. The third-order valence-corrected chi connectivity index (χ3v) is 5.43. The first-order chi connectivity index (χ1) is 13.5. The van der Waals surface area contributed by atoms with Crippen molar-refractivity contribution in [1.82, 2.24) is 9.88 Å². The highest BCUT2D eigenvalue weighted by Gasteiger charge is 2.30. The smallest absolute Gasteiger partial charge is 0.135 e. The Balaban J connectivity index is 1.53. The molecule has 3 aromatic rings. The van der Waals surface area contributed by atoms with E-state index in [-0.39, 0.29) is 24.0 Å². The summed E-state index contributed by atoms with van der Waals surface area (Å²) in [5.41, 5.74) is 2.96. The van der Waals surface area contributed by atoms with Crippen molar-refractivity contribution >= 4 is 22.7 Å².